The number of hydrogen-bond acceptors (Lipinski definition) is 2. The number of likely N-dealkylation sites (N-methyl/N-ethyl adjacent to an activating group) is 1. The van der Waals surface area contributed by atoms with Gasteiger partial charge in [-0.3, -0.25) is 0 Å². The van der Waals surface area contributed by atoms with Gasteiger partial charge in [0.1, 0.15) is 0 Å². The van der Waals surface area contributed by atoms with Crippen molar-refractivity contribution in [3.63, 3.8) is 0 Å². The smallest absolute Gasteiger partial charge is 0.0434 e. The molecule has 1 aromatic carbocycles. The molecule has 0 unspecified atom stereocenters. The predicted octanol–water partition coefficient (Wildman–Crippen LogP) is 12.0. The van der Waals surface area contributed by atoms with Crippen LogP contribution in [0.3, 0.4) is 0 Å². The molecule has 0 aromatic heterocycles. The molecule has 42 heavy (non-hydrogen) atoms. The van der Waals surface area contributed by atoms with Crippen LogP contribution in [0.15, 0.2) is 60.4 Å². The largest absolute Gasteiger partial charge is 0.398 e. The van der Waals surface area contributed by atoms with Crippen molar-refractivity contribution in [3.05, 3.63) is 77.1 Å². The van der Waals surface area contributed by atoms with E-state index < -0.39 is 0 Å². The summed E-state index contributed by atoms with van der Waals surface area (Å²) in [5.74, 6) is 0.969. The Balaban J connectivity index is 2.12. The summed E-state index contributed by atoms with van der Waals surface area (Å²) in [6.45, 7) is 34.2. The zero-order valence-electron chi connectivity index (χ0n) is 29.2. The lowest BCUT2D eigenvalue weighted by Gasteiger charge is -2.35. The molecular weight excluding hydrogens is 508 g/mol. The number of allylic oxidation sites excluding steroid dienone is 4. The molecule has 2 heteroatoms. The fourth-order valence-corrected chi connectivity index (χ4v) is 6.54. The van der Waals surface area contributed by atoms with Crippen molar-refractivity contribution in [1.29, 1.82) is 0 Å². The van der Waals surface area contributed by atoms with Gasteiger partial charge < -0.3 is 10.6 Å². The van der Waals surface area contributed by atoms with Crippen LogP contribution in [0.4, 0.5) is 5.69 Å². The molecule has 0 spiro atoms. The zero-order chi connectivity index (χ0) is 31.8. The number of anilines is 1. The van der Waals surface area contributed by atoms with Crippen molar-refractivity contribution in [1.82, 2.24) is 4.90 Å². The summed E-state index contributed by atoms with van der Waals surface area (Å²) in [5.41, 5.74) is 18.3. The number of aryl methyl sites for hydroxylation is 1. The van der Waals surface area contributed by atoms with Crippen LogP contribution in [-0.4, -0.2) is 11.9 Å². The van der Waals surface area contributed by atoms with Gasteiger partial charge in [0.15, 0.2) is 0 Å². The van der Waals surface area contributed by atoms with Gasteiger partial charge in [-0.25, -0.2) is 0 Å². The average molecular weight is 573 g/mol. The van der Waals surface area contributed by atoms with Crippen molar-refractivity contribution in [2.24, 2.45) is 22.7 Å². The average Bonchev–Trinajstić information content (AvgIpc) is 2.88. The normalized spacial score (nSPS) is 14.4. The van der Waals surface area contributed by atoms with Crippen LogP contribution in [0.25, 0.3) is 11.8 Å². The van der Waals surface area contributed by atoms with Crippen molar-refractivity contribution in [3.8, 4) is 0 Å². The number of nitrogens with zero attached hydrogens (tertiary/aromatic N) is 1. The van der Waals surface area contributed by atoms with Gasteiger partial charge in [-0.2, -0.15) is 0 Å². The third-order valence-electron chi connectivity index (χ3n) is 8.99. The molecule has 0 saturated carbocycles. The molecule has 0 bridgehead atoms. The van der Waals surface area contributed by atoms with Crippen molar-refractivity contribution in [2.75, 3.05) is 12.8 Å². The van der Waals surface area contributed by atoms with Crippen LogP contribution in [-0.2, 0) is 6.42 Å². The first kappa shape index (κ1) is 35.7. The first-order chi connectivity index (χ1) is 19.5. The van der Waals surface area contributed by atoms with Crippen LogP contribution in [0.2, 0.25) is 0 Å². The second-order valence-electron chi connectivity index (χ2n) is 15.4. The molecule has 0 amide bonds. The van der Waals surface area contributed by atoms with Gasteiger partial charge in [0.25, 0.3) is 0 Å². The van der Waals surface area contributed by atoms with Gasteiger partial charge in [-0.1, -0.05) is 106 Å². The number of rotatable bonds is 16. The summed E-state index contributed by atoms with van der Waals surface area (Å²) in [6, 6.07) is 4.36. The molecule has 234 valence electrons. The molecule has 0 radical (unpaired) electrons. The molecular formula is C40H64N2. The highest BCUT2D eigenvalue weighted by Gasteiger charge is 2.26. The fraction of sp³-hybridized carbons (Fsp3) is 0.600. The van der Waals surface area contributed by atoms with Crippen LogP contribution in [0, 0.1) is 22.7 Å². The highest BCUT2D eigenvalue weighted by molar-refractivity contribution is 5.76. The van der Waals surface area contributed by atoms with Gasteiger partial charge in [0, 0.05) is 29.7 Å². The van der Waals surface area contributed by atoms with E-state index in [-0.39, 0.29) is 0 Å². The van der Waals surface area contributed by atoms with Crippen LogP contribution in [0.5, 0.6) is 0 Å². The second-order valence-corrected chi connectivity index (χ2v) is 15.4. The Labute approximate surface area is 260 Å². The number of hydrogen-bond donors (Lipinski definition) is 1. The first-order valence-electron chi connectivity index (χ1n) is 16.6. The highest BCUT2D eigenvalue weighted by atomic mass is 15.1. The zero-order valence-corrected chi connectivity index (χ0v) is 29.2. The predicted molar refractivity (Wildman–Crippen MR) is 190 cm³/mol. The molecule has 2 nitrogen and oxygen atoms in total. The molecule has 2 N–H and O–H groups in total. The number of unbranched alkanes of at least 4 members (excludes halogenated alkanes) is 1. The first-order valence-corrected chi connectivity index (χ1v) is 16.6. The summed E-state index contributed by atoms with van der Waals surface area (Å²) in [6.07, 6.45) is 15.8. The maximum atomic E-state index is 6.58. The molecule has 2 rings (SSSR count). The monoisotopic (exact) mass is 573 g/mol. The Morgan fingerprint density at radius 1 is 0.976 bits per heavy atom. The minimum Gasteiger partial charge on any atom is -0.398 e. The summed E-state index contributed by atoms with van der Waals surface area (Å²) in [4.78, 5) is 2.33. The van der Waals surface area contributed by atoms with E-state index in [0.29, 0.717) is 22.7 Å². The fourth-order valence-electron chi connectivity index (χ4n) is 6.54. The number of nitrogens with two attached hydrogens (primary N) is 1. The lowest BCUT2D eigenvalue weighted by molar-refractivity contribution is 0.277. The highest BCUT2D eigenvalue weighted by Crippen LogP contribution is 2.40. The Bertz CT molecular complexity index is 1160. The van der Waals surface area contributed by atoms with Gasteiger partial charge in [-0.05, 0) is 115 Å². The summed E-state index contributed by atoms with van der Waals surface area (Å²) < 4.78 is 0. The second kappa shape index (κ2) is 15.3. The van der Waals surface area contributed by atoms with Gasteiger partial charge in [0.05, 0.1) is 0 Å². The van der Waals surface area contributed by atoms with Gasteiger partial charge in [-0.15, -0.1) is 0 Å². The molecule has 0 atom stereocenters. The molecule has 0 heterocycles. The summed E-state index contributed by atoms with van der Waals surface area (Å²) in [7, 11) is 2.18. The number of benzene rings is 1. The lowest BCUT2D eigenvalue weighted by atomic mass is 9.78. The van der Waals surface area contributed by atoms with E-state index in [9.17, 15) is 0 Å². The Hall–Kier alpha value is -2.48. The van der Waals surface area contributed by atoms with Crippen molar-refractivity contribution < 1.29 is 0 Å². The maximum absolute atomic E-state index is 6.58. The van der Waals surface area contributed by atoms with Crippen molar-refractivity contribution in [2.45, 2.75) is 127 Å². The maximum Gasteiger partial charge on any atom is 0.0434 e. The lowest BCUT2D eigenvalue weighted by Crippen LogP contribution is -2.24. The van der Waals surface area contributed by atoms with E-state index in [1.54, 1.807) is 0 Å². The third kappa shape index (κ3) is 10.4. The van der Waals surface area contributed by atoms with Crippen LogP contribution >= 0.6 is 0 Å². The molecule has 0 fully saturated rings. The molecule has 1 aliphatic rings. The van der Waals surface area contributed by atoms with E-state index in [0.717, 1.165) is 67.5 Å². The van der Waals surface area contributed by atoms with E-state index in [4.69, 9.17) is 5.73 Å². The van der Waals surface area contributed by atoms with E-state index in [1.165, 1.54) is 47.2 Å². The Morgan fingerprint density at radius 3 is 2.21 bits per heavy atom. The van der Waals surface area contributed by atoms with E-state index in [1.807, 2.05) is 6.08 Å². The molecule has 1 aliphatic carbocycles. The summed E-state index contributed by atoms with van der Waals surface area (Å²) >= 11 is 0. The minimum absolute atomic E-state index is 0.322. The van der Waals surface area contributed by atoms with Crippen LogP contribution in [0.1, 0.15) is 137 Å². The third-order valence-corrected chi connectivity index (χ3v) is 8.99. The quantitative estimate of drug-likeness (QED) is 0.121. The Morgan fingerprint density at radius 2 is 1.64 bits per heavy atom. The minimum atomic E-state index is 0.322. The van der Waals surface area contributed by atoms with Gasteiger partial charge in [0.2, 0.25) is 0 Å². The molecule has 1 aromatic rings. The van der Waals surface area contributed by atoms with E-state index >= 15 is 0 Å². The molecule has 0 aliphatic heterocycles. The summed E-state index contributed by atoms with van der Waals surface area (Å²) in [5, 5.41) is 0. The standard InChI is InChI=1S/C40H64N2/c1-14-32-26-37(41)33(20-16-15-19-30(6)27-40(11,12)24-18-23-39(8,9)10)25-36(32)31(7)42(13)38-34(28(2)3)21-17-22-35(38)29(4)5/h14,21,25-26,28-29H,1,6-7,15-20,22-24,27,41H2,2-5,8-13H3. The van der Waals surface area contributed by atoms with E-state index in [2.05, 4.69) is 112 Å². The Kier molecular flexibility index (Phi) is 13.0. The van der Waals surface area contributed by atoms with Gasteiger partial charge >= 0.3 is 0 Å². The topological polar surface area (TPSA) is 29.3 Å². The SMILES string of the molecule is C=Cc1cc(N)c(CCCCC(=C)CC(C)(C)CCCC(C)(C)C)cc1C(=C)N(C)C1=C(C(C)C)CCC=C1C(C)C. The van der Waals surface area contributed by atoms with Crippen LogP contribution < -0.4 is 5.73 Å². The molecule has 0 saturated heterocycles. The van der Waals surface area contributed by atoms with Crippen molar-refractivity contribution >= 4 is 17.5 Å². The number of nitrogen functional groups attached to an aromatic ring is 1.